The summed E-state index contributed by atoms with van der Waals surface area (Å²) in [6.07, 6.45) is -5.09. The molecular weight excluding hydrogens is 207 g/mol. The first kappa shape index (κ1) is 12.7. The van der Waals surface area contributed by atoms with Crippen LogP contribution in [0.4, 0.5) is 13.2 Å². The van der Waals surface area contributed by atoms with Crippen molar-refractivity contribution in [3.8, 4) is 0 Å². The highest BCUT2D eigenvalue weighted by atomic mass is 19.4. The monoisotopic (exact) mass is 215 g/mol. The van der Waals surface area contributed by atoms with Gasteiger partial charge in [-0.2, -0.15) is 13.2 Å². The van der Waals surface area contributed by atoms with E-state index in [9.17, 15) is 22.8 Å². The lowest BCUT2D eigenvalue weighted by Gasteiger charge is -2.10. The minimum absolute atomic E-state index is 0.870. The molecule has 0 aliphatic carbocycles. The Labute approximate surface area is 77.0 Å². The van der Waals surface area contributed by atoms with Crippen molar-refractivity contribution in [3.63, 3.8) is 0 Å². The van der Waals surface area contributed by atoms with Gasteiger partial charge in [-0.15, -0.1) is 0 Å². The van der Waals surface area contributed by atoms with Crippen molar-refractivity contribution in [2.75, 3.05) is 13.7 Å². The number of nitrogens with two attached hydrogens (primary N) is 1. The van der Waals surface area contributed by atoms with E-state index < -0.39 is 30.8 Å². The summed E-state index contributed by atoms with van der Waals surface area (Å²) in [5.41, 5.74) is 5.00. The molecule has 0 unspecified atom stereocenters. The minimum atomic E-state index is -5.09. The fourth-order valence-corrected chi connectivity index (χ4v) is 0.467. The summed E-state index contributed by atoms with van der Waals surface area (Å²) >= 11 is 0. The fourth-order valence-electron chi connectivity index (χ4n) is 0.467. The molecule has 0 aliphatic rings. The summed E-state index contributed by atoms with van der Waals surface area (Å²) in [6.45, 7) is -0.870. The number of rotatable bonds is 3. The molecule has 14 heavy (non-hydrogen) atoms. The van der Waals surface area contributed by atoms with Crippen LogP contribution in [0.15, 0.2) is 0 Å². The third-order valence-corrected chi connectivity index (χ3v) is 1.13. The third kappa shape index (κ3) is 4.08. The number of hydrogen-bond acceptors (Lipinski definition) is 5. The van der Waals surface area contributed by atoms with Gasteiger partial charge in [0.1, 0.15) is 12.6 Å². The molecule has 0 aliphatic heterocycles. The fraction of sp³-hybridized carbons (Fsp3) is 0.667. The molecule has 0 aromatic rings. The molecule has 5 nitrogen and oxygen atoms in total. The van der Waals surface area contributed by atoms with E-state index in [0.717, 1.165) is 7.11 Å². The Balaban J connectivity index is 3.96. The van der Waals surface area contributed by atoms with Crippen molar-refractivity contribution < 1.29 is 32.2 Å². The quantitative estimate of drug-likeness (QED) is 0.647. The van der Waals surface area contributed by atoms with Crippen LogP contribution in [0, 0.1) is 0 Å². The van der Waals surface area contributed by atoms with E-state index in [1.165, 1.54) is 0 Å². The minimum Gasteiger partial charge on any atom is -0.468 e. The Bertz CT molecular complexity index is 228. The van der Waals surface area contributed by atoms with Crippen LogP contribution in [-0.4, -0.2) is 37.9 Å². The molecule has 8 heteroatoms. The van der Waals surface area contributed by atoms with Crippen LogP contribution in [0.3, 0.4) is 0 Å². The van der Waals surface area contributed by atoms with Crippen LogP contribution in [0.2, 0.25) is 0 Å². The number of alkyl halides is 3. The third-order valence-electron chi connectivity index (χ3n) is 1.13. The van der Waals surface area contributed by atoms with Crippen molar-refractivity contribution in [2.45, 2.75) is 12.2 Å². The van der Waals surface area contributed by atoms with E-state index in [2.05, 4.69) is 9.47 Å². The molecule has 2 N–H and O–H groups in total. The summed E-state index contributed by atoms with van der Waals surface area (Å²) < 4.78 is 42.4. The molecule has 0 aromatic carbocycles. The second-order valence-electron chi connectivity index (χ2n) is 2.23. The second kappa shape index (κ2) is 4.80. The Morgan fingerprint density at radius 2 is 1.93 bits per heavy atom. The Kier molecular flexibility index (Phi) is 4.35. The van der Waals surface area contributed by atoms with Gasteiger partial charge >= 0.3 is 18.1 Å². The van der Waals surface area contributed by atoms with Gasteiger partial charge < -0.3 is 15.2 Å². The molecule has 1 atom stereocenters. The lowest BCUT2D eigenvalue weighted by molar-refractivity contribution is -0.200. The maximum Gasteiger partial charge on any atom is 0.490 e. The summed E-state index contributed by atoms with van der Waals surface area (Å²) in [5, 5.41) is 0. The van der Waals surface area contributed by atoms with E-state index >= 15 is 0 Å². The van der Waals surface area contributed by atoms with Crippen molar-refractivity contribution in [1.29, 1.82) is 0 Å². The van der Waals surface area contributed by atoms with Gasteiger partial charge in [0, 0.05) is 0 Å². The second-order valence-corrected chi connectivity index (χ2v) is 2.23. The number of hydrogen-bond donors (Lipinski definition) is 1. The lowest BCUT2D eigenvalue weighted by atomic mass is 10.3. The van der Waals surface area contributed by atoms with Crippen LogP contribution < -0.4 is 5.73 Å². The van der Waals surface area contributed by atoms with Gasteiger partial charge in [0.2, 0.25) is 0 Å². The maximum atomic E-state index is 11.6. The molecular formula is C6H8F3NO4. The molecule has 0 saturated heterocycles. The van der Waals surface area contributed by atoms with Gasteiger partial charge in [-0.25, -0.2) is 4.79 Å². The smallest absolute Gasteiger partial charge is 0.468 e. The van der Waals surface area contributed by atoms with Crippen LogP contribution in [0.1, 0.15) is 0 Å². The zero-order valence-electron chi connectivity index (χ0n) is 7.13. The van der Waals surface area contributed by atoms with Gasteiger partial charge in [-0.05, 0) is 0 Å². The maximum absolute atomic E-state index is 11.6. The Morgan fingerprint density at radius 1 is 1.43 bits per heavy atom. The molecule has 0 radical (unpaired) electrons. The van der Waals surface area contributed by atoms with Crippen LogP contribution in [-0.2, 0) is 19.1 Å². The number of ether oxygens (including phenoxy) is 2. The van der Waals surface area contributed by atoms with E-state index in [0.29, 0.717) is 0 Å². The Morgan fingerprint density at radius 3 is 2.29 bits per heavy atom. The number of methoxy groups -OCH3 is 1. The molecule has 0 rings (SSSR count). The SMILES string of the molecule is COC(=O)[C@@H](N)COC(=O)C(F)(F)F. The number of halogens is 3. The highest BCUT2D eigenvalue weighted by Crippen LogP contribution is 2.16. The summed E-state index contributed by atoms with van der Waals surface area (Å²) in [5.74, 6) is -3.35. The molecule has 0 bridgehead atoms. The topological polar surface area (TPSA) is 78.6 Å². The Hall–Kier alpha value is -1.31. The molecule has 0 aromatic heterocycles. The molecule has 0 heterocycles. The van der Waals surface area contributed by atoms with Gasteiger partial charge in [-0.3, -0.25) is 4.79 Å². The first-order valence-corrected chi connectivity index (χ1v) is 3.36. The zero-order valence-corrected chi connectivity index (χ0v) is 7.13. The number of esters is 2. The van der Waals surface area contributed by atoms with E-state index in [1.807, 2.05) is 0 Å². The number of carbonyl (C=O) groups excluding carboxylic acids is 2. The van der Waals surface area contributed by atoms with Gasteiger partial charge in [0.15, 0.2) is 0 Å². The predicted octanol–water partition coefficient (Wildman–Crippen LogP) is -0.408. The first-order valence-electron chi connectivity index (χ1n) is 3.36. The predicted molar refractivity (Wildman–Crippen MR) is 37.0 cm³/mol. The molecule has 0 saturated carbocycles. The summed E-state index contributed by atoms with van der Waals surface area (Å²) in [6, 6.07) is -1.41. The highest BCUT2D eigenvalue weighted by molar-refractivity contribution is 5.78. The van der Waals surface area contributed by atoms with Crippen LogP contribution in [0.25, 0.3) is 0 Å². The van der Waals surface area contributed by atoms with Gasteiger partial charge in [0.25, 0.3) is 0 Å². The molecule has 82 valence electrons. The first-order chi connectivity index (χ1) is 6.29. The summed E-state index contributed by atoms with van der Waals surface area (Å²) in [4.78, 5) is 20.7. The van der Waals surface area contributed by atoms with E-state index in [-0.39, 0.29) is 0 Å². The lowest BCUT2D eigenvalue weighted by Crippen LogP contribution is -2.38. The average molecular weight is 215 g/mol. The van der Waals surface area contributed by atoms with Crippen molar-refractivity contribution in [2.24, 2.45) is 5.73 Å². The van der Waals surface area contributed by atoms with E-state index in [4.69, 9.17) is 5.73 Å². The number of carbonyl (C=O) groups is 2. The zero-order chi connectivity index (χ0) is 11.4. The molecule has 0 spiro atoms. The molecule has 0 fully saturated rings. The highest BCUT2D eigenvalue weighted by Gasteiger charge is 2.41. The van der Waals surface area contributed by atoms with Crippen molar-refractivity contribution in [3.05, 3.63) is 0 Å². The van der Waals surface area contributed by atoms with Gasteiger partial charge in [-0.1, -0.05) is 0 Å². The summed E-state index contributed by atoms with van der Waals surface area (Å²) in [7, 11) is 1.01. The standard InChI is InChI=1S/C6H8F3NO4/c1-13-4(11)3(10)2-14-5(12)6(7,8)9/h3H,2,10H2,1H3/t3-/m0/s1. The largest absolute Gasteiger partial charge is 0.490 e. The van der Waals surface area contributed by atoms with Crippen molar-refractivity contribution >= 4 is 11.9 Å². The normalized spacial score (nSPS) is 13.2. The van der Waals surface area contributed by atoms with E-state index in [1.54, 1.807) is 0 Å². The van der Waals surface area contributed by atoms with Gasteiger partial charge in [0.05, 0.1) is 7.11 Å². The van der Waals surface area contributed by atoms with Crippen molar-refractivity contribution in [1.82, 2.24) is 0 Å². The van der Waals surface area contributed by atoms with Crippen LogP contribution >= 0.6 is 0 Å². The van der Waals surface area contributed by atoms with Crippen LogP contribution in [0.5, 0.6) is 0 Å². The average Bonchev–Trinajstić information content (AvgIpc) is 2.10. The molecule has 0 amide bonds.